The summed E-state index contributed by atoms with van der Waals surface area (Å²) in [4.78, 5) is 27.3. The van der Waals surface area contributed by atoms with Gasteiger partial charge >= 0.3 is 5.97 Å². The van der Waals surface area contributed by atoms with E-state index in [9.17, 15) is 14.7 Å². The van der Waals surface area contributed by atoms with Crippen LogP contribution in [0.3, 0.4) is 0 Å². The largest absolute Gasteiger partial charge is 0.507 e. The minimum atomic E-state index is -0.240. The minimum Gasteiger partial charge on any atom is -0.507 e. The number of phenolic OH excluding ortho intramolecular Hbond substituents is 1. The predicted molar refractivity (Wildman–Crippen MR) is 127 cm³/mol. The van der Waals surface area contributed by atoms with Crippen molar-refractivity contribution in [2.75, 3.05) is 19.7 Å². The van der Waals surface area contributed by atoms with Gasteiger partial charge in [0.05, 0.1) is 33.7 Å². The number of hydrogen-bond acceptors (Lipinski definition) is 6. The Balaban J connectivity index is 1.56. The molecular weight excluding hydrogens is 465 g/mol. The SMILES string of the molecule is CCOC(=O)C1CCN(Cc2c(O)cc(C)c3c2O/C(=C/c2ccc(Cl)c(Cl)c2)C3=O)CC1. The molecule has 1 saturated heterocycles. The summed E-state index contributed by atoms with van der Waals surface area (Å²) < 4.78 is 11.1. The summed E-state index contributed by atoms with van der Waals surface area (Å²) in [5, 5.41) is 11.5. The van der Waals surface area contributed by atoms with Gasteiger partial charge in [-0.05, 0) is 75.2 Å². The third-order valence-electron chi connectivity index (χ3n) is 6.05. The molecule has 4 rings (SSSR count). The van der Waals surface area contributed by atoms with Crippen molar-refractivity contribution >= 4 is 41.0 Å². The molecule has 174 valence electrons. The number of phenols is 1. The third-order valence-corrected chi connectivity index (χ3v) is 6.79. The Morgan fingerprint density at radius 2 is 1.97 bits per heavy atom. The van der Waals surface area contributed by atoms with Crippen molar-refractivity contribution in [3.63, 3.8) is 0 Å². The highest BCUT2D eigenvalue weighted by Crippen LogP contribution is 2.42. The van der Waals surface area contributed by atoms with Crippen molar-refractivity contribution in [2.24, 2.45) is 5.92 Å². The van der Waals surface area contributed by atoms with Crippen LogP contribution in [0.2, 0.25) is 10.0 Å². The summed E-state index contributed by atoms with van der Waals surface area (Å²) in [7, 11) is 0. The molecule has 0 saturated carbocycles. The number of Topliss-reactive ketones (excluding diaryl/α,β-unsaturated/α-hetero) is 1. The number of ketones is 1. The van der Waals surface area contributed by atoms with Crippen molar-refractivity contribution in [1.29, 1.82) is 0 Å². The summed E-state index contributed by atoms with van der Waals surface area (Å²) in [6.07, 6.45) is 3.00. The van der Waals surface area contributed by atoms with Gasteiger partial charge in [0.15, 0.2) is 5.76 Å². The Labute approximate surface area is 202 Å². The lowest BCUT2D eigenvalue weighted by atomic mass is 9.95. The smallest absolute Gasteiger partial charge is 0.309 e. The molecule has 2 aromatic carbocycles. The second-order valence-corrected chi connectivity index (χ2v) is 9.13. The van der Waals surface area contributed by atoms with E-state index in [1.54, 1.807) is 44.2 Å². The van der Waals surface area contributed by atoms with E-state index in [2.05, 4.69) is 4.90 Å². The zero-order valence-corrected chi connectivity index (χ0v) is 20.0. The number of aromatic hydroxyl groups is 1. The van der Waals surface area contributed by atoms with Gasteiger partial charge in [-0.25, -0.2) is 0 Å². The first-order valence-corrected chi connectivity index (χ1v) is 11.7. The zero-order valence-electron chi connectivity index (χ0n) is 18.5. The van der Waals surface area contributed by atoms with Crippen LogP contribution in [-0.2, 0) is 16.1 Å². The van der Waals surface area contributed by atoms with E-state index in [-0.39, 0.29) is 29.2 Å². The van der Waals surface area contributed by atoms with Crippen LogP contribution >= 0.6 is 23.2 Å². The van der Waals surface area contributed by atoms with Crippen molar-refractivity contribution in [1.82, 2.24) is 4.90 Å². The van der Waals surface area contributed by atoms with Gasteiger partial charge in [0.25, 0.3) is 0 Å². The lowest BCUT2D eigenvalue weighted by Crippen LogP contribution is -2.36. The van der Waals surface area contributed by atoms with Crippen molar-refractivity contribution in [3.8, 4) is 11.5 Å². The Morgan fingerprint density at radius 1 is 1.24 bits per heavy atom. The standard InChI is InChI=1S/C25H25Cl2NO5/c1-3-32-25(31)16-6-8-28(9-7-16)13-17-20(29)10-14(2)22-23(30)21(33-24(17)22)12-15-4-5-18(26)19(27)11-15/h4-5,10-12,16,29H,3,6-9,13H2,1-2H3/b21-12+. The number of hydrogen-bond donors (Lipinski definition) is 1. The zero-order chi connectivity index (χ0) is 23.7. The van der Waals surface area contributed by atoms with Crippen LogP contribution in [0.25, 0.3) is 6.08 Å². The second kappa shape index (κ2) is 9.75. The van der Waals surface area contributed by atoms with Gasteiger partial charge in [-0.3, -0.25) is 14.5 Å². The fraction of sp³-hybridized carbons (Fsp3) is 0.360. The summed E-state index contributed by atoms with van der Waals surface area (Å²) in [6.45, 7) is 5.75. The molecule has 2 heterocycles. The van der Waals surface area contributed by atoms with Gasteiger partial charge in [-0.2, -0.15) is 0 Å². The normalized spacial score (nSPS) is 17.8. The van der Waals surface area contributed by atoms with Gasteiger partial charge in [0.2, 0.25) is 5.78 Å². The van der Waals surface area contributed by atoms with Crippen LogP contribution in [0, 0.1) is 12.8 Å². The Morgan fingerprint density at radius 3 is 2.64 bits per heavy atom. The van der Waals surface area contributed by atoms with Crippen LogP contribution in [0.15, 0.2) is 30.0 Å². The van der Waals surface area contributed by atoms with Gasteiger partial charge in [-0.1, -0.05) is 29.3 Å². The molecule has 0 spiro atoms. The quantitative estimate of drug-likeness (QED) is 0.447. The van der Waals surface area contributed by atoms with Gasteiger partial charge < -0.3 is 14.6 Å². The van der Waals surface area contributed by atoms with Crippen LogP contribution < -0.4 is 4.74 Å². The Hall–Kier alpha value is -2.54. The number of esters is 1. The molecule has 33 heavy (non-hydrogen) atoms. The maximum Gasteiger partial charge on any atom is 0.309 e. The van der Waals surface area contributed by atoms with Crippen LogP contribution in [0.4, 0.5) is 0 Å². The molecule has 8 heteroatoms. The monoisotopic (exact) mass is 489 g/mol. The molecule has 0 aromatic heterocycles. The molecule has 0 unspecified atom stereocenters. The van der Waals surface area contributed by atoms with E-state index in [1.807, 2.05) is 0 Å². The maximum absolute atomic E-state index is 13.1. The molecule has 0 amide bonds. The summed E-state index contributed by atoms with van der Waals surface area (Å²) >= 11 is 12.1. The maximum atomic E-state index is 13.1. The highest BCUT2D eigenvalue weighted by molar-refractivity contribution is 6.42. The molecule has 0 radical (unpaired) electrons. The van der Waals surface area contributed by atoms with Gasteiger partial charge in [0.1, 0.15) is 11.5 Å². The number of rotatable bonds is 5. The van der Waals surface area contributed by atoms with Crippen LogP contribution in [0.1, 0.15) is 46.8 Å². The number of aryl methyl sites for hydroxylation is 1. The molecule has 0 atom stereocenters. The Kier molecular flexibility index (Phi) is 6.98. The first-order chi connectivity index (χ1) is 15.8. The number of benzene rings is 2. The Bertz CT molecular complexity index is 1140. The van der Waals surface area contributed by atoms with E-state index in [1.165, 1.54) is 0 Å². The number of allylic oxidation sites excluding steroid dienone is 1. The summed E-state index contributed by atoms with van der Waals surface area (Å²) in [5.74, 6) is 0.146. The topological polar surface area (TPSA) is 76.1 Å². The van der Waals surface area contributed by atoms with E-state index in [4.69, 9.17) is 32.7 Å². The average molecular weight is 490 g/mol. The highest BCUT2D eigenvalue weighted by atomic mass is 35.5. The fourth-order valence-corrected chi connectivity index (χ4v) is 4.60. The lowest BCUT2D eigenvalue weighted by Gasteiger charge is -2.31. The average Bonchev–Trinajstić information content (AvgIpc) is 3.10. The van der Waals surface area contributed by atoms with Gasteiger partial charge in [0, 0.05) is 6.54 Å². The number of fused-ring (bicyclic) bond motifs is 1. The van der Waals surface area contributed by atoms with Gasteiger partial charge in [-0.15, -0.1) is 0 Å². The molecule has 2 aromatic rings. The van der Waals surface area contributed by atoms with E-state index >= 15 is 0 Å². The number of piperidine rings is 1. The fourth-order valence-electron chi connectivity index (χ4n) is 4.30. The number of nitrogens with zero attached hydrogens (tertiary/aromatic N) is 1. The van der Waals surface area contributed by atoms with E-state index < -0.39 is 0 Å². The molecule has 2 aliphatic heterocycles. The molecule has 1 N–H and O–H groups in total. The van der Waals surface area contributed by atoms with E-state index in [0.717, 1.165) is 0 Å². The van der Waals surface area contributed by atoms with Crippen LogP contribution in [-0.4, -0.2) is 41.5 Å². The van der Waals surface area contributed by atoms with Crippen molar-refractivity contribution < 1.29 is 24.2 Å². The lowest BCUT2D eigenvalue weighted by molar-refractivity contribution is -0.149. The number of halogens is 2. The summed E-state index contributed by atoms with van der Waals surface area (Å²) in [6, 6.07) is 6.67. The first kappa shape index (κ1) is 23.6. The van der Waals surface area contributed by atoms with Crippen LogP contribution in [0.5, 0.6) is 11.5 Å². The van der Waals surface area contributed by atoms with E-state index in [0.29, 0.717) is 77.1 Å². The second-order valence-electron chi connectivity index (χ2n) is 8.31. The number of carbonyl (C=O) groups excluding carboxylic acids is 2. The third kappa shape index (κ3) is 4.88. The number of likely N-dealkylation sites (tertiary alicyclic amines) is 1. The molecule has 2 aliphatic rings. The molecule has 0 bridgehead atoms. The molecular formula is C25H25Cl2NO5. The molecule has 0 aliphatic carbocycles. The van der Waals surface area contributed by atoms with Crippen molar-refractivity contribution in [3.05, 3.63) is 62.3 Å². The molecule has 1 fully saturated rings. The molecule has 6 nitrogen and oxygen atoms in total. The number of ether oxygens (including phenoxy) is 2. The predicted octanol–water partition coefficient (Wildman–Crippen LogP) is 5.40. The van der Waals surface area contributed by atoms with Crippen molar-refractivity contribution in [2.45, 2.75) is 33.2 Å². The first-order valence-electron chi connectivity index (χ1n) is 10.9. The number of carbonyl (C=O) groups is 2. The highest BCUT2D eigenvalue weighted by Gasteiger charge is 2.34. The minimum absolute atomic E-state index is 0.0855. The summed E-state index contributed by atoms with van der Waals surface area (Å²) in [5.41, 5.74) is 2.35.